The van der Waals surface area contributed by atoms with E-state index in [1.54, 1.807) is 0 Å². The van der Waals surface area contributed by atoms with Crippen LogP contribution >= 0.6 is 0 Å². The minimum atomic E-state index is 0.599. The summed E-state index contributed by atoms with van der Waals surface area (Å²) in [7, 11) is 4.40. The van der Waals surface area contributed by atoms with E-state index in [1.807, 2.05) is 0 Å². The van der Waals surface area contributed by atoms with E-state index >= 15 is 0 Å². The highest BCUT2D eigenvalue weighted by Gasteiger charge is 2.40. The first-order chi connectivity index (χ1) is 10.1. The quantitative estimate of drug-likeness (QED) is 0.902. The summed E-state index contributed by atoms with van der Waals surface area (Å²) >= 11 is 0. The maximum atomic E-state index is 4.50. The van der Waals surface area contributed by atoms with Gasteiger partial charge in [0, 0.05) is 37.3 Å². The zero-order chi connectivity index (χ0) is 15.0. The van der Waals surface area contributed by atoms with Crippen molar-refractivity contribution in [1.82, 2.24) is 20.0 Å². The first-order valence-corrected chi connectivity index (χ1v) is 8.53. The largest absolute Gasteiger partial charge is 0.314 e. The van der Waals surface area contributed by atoms with E-state index in [1.165, 1.54) is 31.4 Å². The molecule has 1 aromatic rings. The second kappa shape index (κ2) is 6.09. The van der Waals surface area contributed by atoms with Crippen LogP contribution in [0.3, 0.4) is 0 Å². The van der Waals surface area contributed by atoms with Gasteiger partial charge >= 0.3 is 0 Å². The molecule has 2 saturated heterocycles. The van der Waals surface area contributed by atoms with Crippen LogP contribution in [0.25, 0.3) is 0 Å². The number of aryl methyl sites for hydroxylation is 2. The average molecular weight is 290 g/mol. The summed E-state index contributed by atoms with van der Waals surface area (Å²) in [4.78, 5) is 2.63. The lowest BCUT2D eigenvalue weighted by atomic mass is 9.83. The molecule has 3 atom stereocenters. The summed E-state index contributed by atoms with van der Waals surface area (Å²) in [5.41, 5.74) is 2.50. The van der Waals surface area contributed by atoms with E-state index in [9.17, 15) is 0 Å². The van der Waals surface area contributed by atoms with Gasteiger partial charge in [0.15, 0.2) is 0 Å². The van der Waals surface area contributed by atoms with Crippen molar-refractivity contribution in [2.24, 2.45) is 13.0 Å². The topological polar surface area (TPSA) is 33.1 Å². The Kier molecular flexibility index (Phi) is 4.36. The smallest absolute Gasteiger partial charge is 0.0596 e. The number of nitrogens with one attached hydrogen (secondary N) is 1. The predicted octanol–water partition coefficient (Wildman–Crippen LogP) is 2.12. The Bertz CT molecular complexity index is 467. The molecule has 3 heterocycles. The van der Waals surface area contributed by atoms with Crippen LogP contribution in [-0.2, 0) is 13.5 Å². The van der Waals surface area contributed by atoms with Crippen LogP contribution in [0, 0.1) is 12.8 Å². The third-order valence-corrected chi connectivity index (χ3v) is 5.70. The number of likely N-dealkylation sites (N-methyl/N-ethyl adjacent to an activating group) is 1. The van der Waals surface area contributed by atoms with Gasteiger partial charge in [-0.15, -0.1) is 0 Å². The van der Waals surface area contributed by atoms with Crippen LogP contribution in [0.1, 0.15) is 44.0 Å². The number of hydrogen-bond donors (Lipinski definition) is 1. The van der Waals surface area contributed by atoms with Gasteiger partial charge in [0.2, 0.25) is 0 Å². The fourth-order valence-electron chi connectivity index (χ4n) is 4.53. The highest BCUT2D eigenvalue weighted by Crippen LogP contribution is 2.39. The van der Waals surface area contributed by atoms with E-state index in [0.717, 1.165) is 36.7 Å². The molecule has 2 aliphatic heterocycles. The Morgan fingerprint density at radius 1 is 1.29 bits per heavy atom. The molecular formula is C17H30N4. The number of aromatic nitrogens is 2. The number of fused-ring (bicyclic) bond motifs is 2. The molecule has 1 aromatic heterocycles. The molecule has 2 fully saturated rings. The van der Waals surface area contributed by atoms with Crippen LogP contribution in [-0.4, -0.2) is 46.4 Å². The Labute approximate surface area is 128 Å². The highest BCUT2D eigenvalue weighted by molar-refractivity contribution is 5.11. The maximum absolute atomic E-state index is 4.50. The molecule has 1 N–H and O–H groups in total. The molecule has 0 spiro atoms. The highest BCUT2D eigenvalue weighted by atomic mass is 15.3. The molecule has 0 aromatic carbocycles. The van der Waals surface area contributed by atoms with Gasteiger partial charge < -0.3 is 10.2 Å². The SMILES string of the molecule is CCNC(Cc1cc(C)nn1C)C1CC2CCC(C1)N2C. The van der Waals surface area contributed by atoms with Gasteiger partial charge in [0.05, 0.1) is 5.69 Å². The minimum Gasteiger partial charge on any atom is -0.314 e. The van der Waals surface area contributed by atoms with Gasteiger partial charge in [0.1, 0.15) is 0 Å². The standard InChI is InChI=1S/C17H30N4/c1-5-18-17(11-16-8-12(2)19-21(16)4)13-9-14-6-7-15(10-13)20(14)3/h8,13-15,17-18H,5-7,9-11H2,1-4H3. The second-order valence-corrected chi connectivity index (χ2v) is 7.05. The zero-order valence-corrected chi connectivity index (χ0v) is 14.0. The summed E-state index contributed by atoms with van der Waals surface area (Å²) in [5, 5.41) is 8.27. The first kappa shape index (κ1) is 15.0. The summed E-state index contributed by atoms with van der Waals surface area (Å²) < 4.78 is 2.06. The fourth-order valence-corrected chi connectivity index (χ4v) is 4.53. The first-order valence-electron chi connectivity index (χ1n) is 8.53. The summed E-state index contributed by atoms with van der Waals surface area (Å²) in [5.74, 6) is 0.814. The normalized spacial score (nSPS) is 30.8. The average Bonchev–Trinajstić information content (AvgIpc) is 2.85. The van der Waals surface area contributed by atoms with Crippen LogP contribution in [0.2, 0.25) is 0 Å². The molecule has 0 aliphatic carbocycles. The Balaban J connectivity index is 1.71. The van der Waals surface area contributed by atoms with Gasteiger partial charge in [-0.05, 0) is 58.2 Å². The van der Waals surface area contributed by atoms with Crippen molar-refractivity contribution in [2.75, 3.05) is 13.6 Å². The molecule has 2 aliphatic rings. The van der Waals surface area contributed by atoms with E-state index in [0.29, 0.717) is 6.04 Å². The minimum absolute atomic E-state index is 0.599. The van der Waals surface area contributed by atoms with E-state index in [2.05, 4.69) is 54.0 Å². The van der Waals surface area contributed by atoms with Crippen molar-refractivity contribution in [1.29, 1.82) is 0 Å². The lowest BCUT2D eigenvalue weighted by Gasteiger charge is -2.40. The van der Waals surface area contributed by atoms with Crippen LogP contribution in [0.4, 0.5) is 0 Å². The van der Waals surface area contributed by atoms with Crippen LogP contribution < -0.4 is 5.32 Å². The van der Waals surface area contributed by atoms with Crippen molar-refractivity contribution >= 4 is 0 Å². The van der Waals surface area contributed by atoms with Crippen molar-refractivity contribution in [3.63, 3.8) is 0 Å². The monoisotopic (exact) mass is 290 g/mol. The Hall–Kier alpha value is -0.870. The van der Waals surface area contributed by atoms with Gasteiger partial charge in [-0.25, -0.2) is 0 Å². The zero-order valence-electron chi connectivity index (χ0n) is 14.0. The summed E-state index contributed by atoms with van der Waals surface area (Å²) in [6.07, 6.45) is 6.64. The van der Waals surface area contributed by atoms with Gasteiger partial charge in [-0.3, -0.25) is 4.68 Å². The molecule has 0 radical (unpaired) electrons. The summed E-state index contributed by atoms with van der Waals surface area (Å²) in [6.45, 7) is 5.37. The van der Waals surface area contributed by atoms with Crippen molar-refractivity contribution in [3.8, 4) is 0 Å². The van der Waals surface area contributed by atoms with Crippen LogP contribution in [0.5, 0.6) is 0 Å². The molecule has 3 unspecified atom stereocenters. The van der Waals surface area contributed by atoms with E-state index in [4.69, 9.17) is 0 Å². The molecule has 0 amide bonds. The molecule has 3 rings (SSSR count). The molecule has 118 valence electrons. The number of piperidine rings is 1. The van der Waals surface area contributed by atoms with Crippen LogP contribution in [0.15, 0.2) is 6.07 Å². The Morgan fingerprint density at radius 2 is 1.95 bits per heavy atom. The lowest BCUT2D eigenvalue weighted by molar-refractivity contribution is 0.112. The van der Waals surface area contributed by atoms with Crippen molar-refractivity contribution in [3.05, 3.63) is 17.5 Å². The Morgan fingerprint density at radius 3 is 2.48 bits per heavy atom. The van der Waals surface area contributed by atoms with E-state index in [-0.39, 0.29) is 0 Å². The second-order valence-electron chi connectivity index (χ2n) is 7.05. The van der Waals surface area contributed by atoms with Crippen molar-refractivity contribution in [2.45, 2.75) is 64.1 Å². The molecule has 0 saturated carbocycles. The number of nitrogens with zero attached hydrogens (tertiary/aromatic N) is 3. The molecule has 4 nitrogen and oxygen atoms in total. The lowest BCUT2D eigenvalue weighted by Crippen LogP contribution is -2.48. The van der Waals surface area contributed by atoms with Gasteiger partial charge in [-0.1, -0.05) is 6.92 Å². The molecule has 21 heavy (non-hydrogen) atoms. The number of hydrogen-bond acceptors (Lipinski definition) is 3. The van der Waals surface area contributed by atoms with E-state index < -0.39 is 0 Å². The van der Waals surface area contributed by atoms with Crippen molar-refractivity contribution < 1.29 is 0 Å². The molecule has 4 heteroatoms. The summed E-state index contributed by atoms with van der Waals surface area (Å²) in [6, 6.07) is 4.49. The fraction of sp³-hybridized carbons (Fsp3) is 0.824. The number of rotatable bonds is 5. The van der Waals surface area contributed by atoms with Gasteiger partial charge in [-0.2, -0.15) is 5.10 Å². The molecule has 2 bridgehead atoms. The third kappa shape index (κ3) is 3.02. The maximum Gasteiger partial charge on any atom is 0.0596 e. The van der Waals surface area contributed by atoms with Gasteiger partial charge in [0.25, 0.3) is 0 Å². The molecular weight excluding hydrogens is 260 g/mol. The third-order valence-electron chi connectivity index (χ3n) is 5.70. The predicted molar refractivity (Wildman–Crippen MR) is 86.4 cm³/mol.